The highest BCUT2D eigenvalue weighted by Gasteiger charge is 2.24. The minimum absolute atomic E-state index is 0.0790. The molecule has 0 spiro atoms. The summed E-state index contributed by atoms with van der Waals surface area (Å²) in [5, 5.41) is 0. The molecule has 1 N–H and O–H groups in total. The smallest absolute Gasteiger partial charge is 0.184 e. The number of nitrogens with one attached hydrogen (secondary N) is 1. The topological polar surface area (TPSA) is 58.6 Å². The monoisotopic (exact) mass is 231 g/mol. The SMILES string of the molecule is CCc1cnc2[nH]c(C(=O)C(C)(C)C)cc2n1. The van der Waals surface area contributed by atoms with Crippen LogP contribution in [0.15, 0.2) is 12.3 Å². The number of aromatic amines is 1. The summed E-state index contributed by atoms with van der Waals surface area (Å²) < 4.78 is 0. The quantitative estimate of drug-likeness (QED) is 0.808. The molecule has 2 aromatic rings. The molecule has 0 aliphatic rings. The van der Waals surface area contributed by atoms with E-state index in [4.69, 9.17) is 0 Å². The molecule has 0 saturated heterocycles. The lowest BCUT2D eigenvalue weighted by Gasteiger charge is -2.14. The summed E-state index contributed by atoms with van der Waals surface area (Å²) in [6.45, 7) is 7.74. The molecule has 0 bridgehead atoms. The Bertz CT molecular complexity index is 564. The lowest BCUT2D eigenvalue weighted by molar-refractivity contribution is 0.0854. The Morgan fingerprint density at radius 3 is 2.71 bits per heavy atom. The third-order valence-corrected chi connectivity index (χ3v) is 2.67. The third-order valence-electron chi connectivity index (χ3n) is 2.67. The van der Waals surface area contributed by atoms with Crippen molar-refractivity contribution < 1.29 is 4.79 Å². The van der Waals surface area contributed by atoms with Gasteiger partial charge in [-0.3, -0.25) is 4.79 Å². The van der Waals surface area contributed by atoms with E-state index in [1.54, 1.807) is 12.3 Å². The second kappa shape index (κ2) is 3.95. The molecule has 0 saturated carbocycles. The number of aromatic nitrogens is 3. The standard InChI is InChI=1S/C13H17N3O/c1-5-8-7-14-12-10(15-8)6-9(16-12)11(17)13(2,3)4/h6-7H,5H2,1-4H3,(H,14,16). The average molecular weight is 231 g/mol. The van der Waals surface area contributed by atoms with Crippen molar-refractivity contribution >= 4 is 16.9 Å². The number of ketones is 1. The first-order chi connectivity index (χ1) is 7.91. The summed E-state index contributed by atoms with van der Waals surface area (Å²) in [5.74, 6) is 0.0790. The van der Waals surface area contributed by atoms with E-state index in [2.05, 4.69) is 15.0 Å². The van der Waals surface area contributed by atoms with Gasteiger partial charge in [0.2, 0.25) is 0 Å². The summed E-state index contributed by atoms with van der Waals surface area (Å²) in [6.07, 6.45) is 2.58. The lowest BCUT2D eigenvalue weighted by atomic mass is 9.89. The maximum atomic E-state index is 12.1. The highest BCUT2D eigenvalue weighted by Crippen LogP contribution is 2.22. The van der Waals surface area contributed by atoms with Crippen molar-refractivity contribution in [1.82, 2.24) is 15.0 Å². The molecule has 0 atom stereocenters. The molecule has 0 aromatic carbocycles. The number of carbonyl (C=O) groups excluding carboxylic acids is 1. The molecule has 0 amide bonds. The van der Waals surface area contributed by atoms with Gasteiger partial charge >= 0.3 is 0 Å². The molecule has 0 aliphatic carbocycles. The van der Waals surface area contributed by atoms with Crippen molar-refractivity contribution in [2.45, 2.75) is 34.1 Å². The van der Waals surface area contributed by atoms with Gasteiger partial charge in [-0.15, -0.1) is 0 Å². The fraction of sp³-hybridized carbons (Fsp3) is 0.462. The second-order valence-electron chi connectivity index (χ2n) is 5.21. The molecule has 2 rings (SSSR count). The van der Waals surface area contributed by atoms with Crippen molar-refractivity contribution in [2.24, 2.45) is 5.41 Å². The predicted molar refractivity (Wildman–Crippen MR) is 67.1 cm³/mol. The minimum atomic E-state index is -0.394. The van der Waals surface area contributed by atoms with Crippen LogP contribution in [0.5, 0.6) is 0 Å². The molecule has 0 radical (unpaired) electrons. The maximum Gasteiger partial charge on any atom is 0.184 e. The van der Waals surface area contributed by atoms with Crippen LogP contribution in [0.2, 0.25) is 0 Å². The first-order valence-electron chi connectivity index (χ1n) is 5.81. The van der Waals surface area contributed by atoms with Gasteiger partial charge in [0.1, 0.15) is 5.52 Å². The molecule has 17 heavy (non-hydrogen) atoms. The van der Waals surface area contributed by atoms with Crippen molar-refractivity contribution in [3.8, 4) is 0 Å². The van der Waals surface area contributed by atoms with Crippen LogP contribution >= 0.6 is 0 Å². The Kier molecular flexibility index (Phi) is 2.73. The Hall–Kier alpha value is -1.71. The van der Waals surface area contributed by atoms with Crippen molar-refractivity contribution in [3.05, 3.63) is 23.7 Å². The number of hydrogen-bond acceptors (Lipinski definition) is 3. The van der Waals surface area contributed by atoms with E-state index in [1.165, 1.54) is 0 Å². The number of H-pyrrole nitrogens is 1. The second-order valence-corrected chi connectivity index (χ2v) is 5.21. The predicted octanol–water partition coefficient (Wildman–Crippen LogP) is 2.75. The van der Waals surface area contributed by atoms with Gasteiger partial charge in [-0.2, -0.15) is 0 Å². The van der Waals surface area contributed by atoms with E-state index < -0.39 is 5.41 Å². The first kappa shape index (κ1) is 11.8. The van der Waals surface area contributed by atoms with E-state index in [0.717, 1.165) is 17.6 Å². The molecule has 0 unspecified atom stereocenters. The van der Waals surface area contributed by atoms with E-state index in [1.807, 2.05) is 27.7 Å². The molecule has 90 valence electrons. The van der Waals surface area contributed by atoms with Crippen LogP contribution in [-0.4, -0.2) is 20.7 Å². The number of nitrogens with zero attached hydrogens (tertiary/aromatic N) is 2. The van der Waals surface area contributed by atoms with Gasteiger partial charge in [-0.05, 0) is 12.5 Å². The largest absolute Gasteiger partial charge is 0.335 e. The third kappa shape index (κ3) is 2.20. The summed E-state index contributed by atoms with van der Waals surface area (Å²) in [7, 11) is 0. The van der Waals surface area contributed by atoms with E-state index in [-0.39, 0.29) is 5.78 Å². The van der Waals surface area contributed by atoms with Gasteiger partial charge in [0.25, 0.3) is 0 Å². The number of rotatable bonds is 2. The van der Waals surface area contributed by atoms with Gasteiger partial charge in [0.05, 0.1) is 17.6 Å². The van der Waals surface area contributed by atoms with Crippen LogP contribution < -0.4 is 0 Å². The first-order valence-corrected chi connectivity index (χ1v) is 5.81. The molecular formula is C13H17N3O. The molecule has 4 nitrogen and oxygen atoms in total. The number of Topliss-reactive ketones (excluding diaryl/α,β-unsaturated/α-hetero) is 1. The Labute approximate surface area is 100 Å². The maximum absolute atomic E-state index is 12.1. The zero-order valence-electron chi connectivity index (χ0n) is 10.7. The van der Waals surface area contributed by atoms with Gasteiger partial charge in [-0.25, -0.2) is 9.97 Å². The van der Waals surface area contributed by atoms with Crippen LogP contribution in [0, 0.1) is 5.41 Å². The fourth-order valence-electron chi connectivity index (χ4n) is 1.64. The Morgan fingerprint density at radius 1 is 1.41 bits per heavy atom. The van der Waals surface area contributed by atoms with E-state index in [0.29, 0.717) is 11.3 Å². The fourth-order valence-corrected chi connectivity index (χ4v) is 1.64. The number of carbonyl (C=O) groups is 1. The molecule has 0 fully saturated rings. The van der Waals surface area contributed by atoms with Crippen LogP contribution in [-0.2, 0) is 6.42 Å². The molecule has 0 aliphatic heterocycles. The van der Waals surface area contributed by atoms with E-state index >= 15 is 0 Å². The Balaban J connectivity index is 2.48. The number of fused-ring (bicyclic) bond motifs is 1. The van der Waals surface area contributed by atoms with Gasteiger partial charge < -0.3 is 4.98 Å². The van der Waals surface area contributed by atoms with Crippen molar-refractivity contribution in [2.75, 3.05) is 0 Å². The molecule has 2 heterocycles. The lowest BCUT2D eigenvalue weighted by Crippen LogP contribution is -2.20. The van der Waals surface area contributed by atoms with Crippen LogP contribution in [0.3, 0.4) is 0 Å². The number of aryl methyl sites for hydroxylation is 1. The van der Waals surface area contributed by atoms with Gasteiger partial charge in [0, 0.05) is 5.41 Å². The molecule has 2 aromatic heterocycles. The van der Waals surface area contributed by atoms with Gasteiger partial charge in [0.15, 0.2) is 11.4 Å². The van der Waals surface area contributed by atoms with Crippen LogP contribution in [0.4, 0.5) is 0 Å². The van der Waals surface area contributed by atoms with Crippen LogP contribution in [0.25, 0.3) is 11.2 Å². The summed E-state index contributed by atoms with van der Waals surface area (Å²) in [4.78, 5) is 23.8. The Morgan fingerprint density at radius 2 is 2.12 bits per heavy atom. The summed E-state index contributed by atoms with van der Waals surface area (Å²) >= 11 is 0. The normalized spacial score (nSPS) is 12.0. The van der Waals surface area contributed by atoms with E-state index in [9.17, 15) is 4.79 Å². The minimum Gasteiger partial charge on any atom is -0.335 e. The van der Waals surface area contributed by atoms with Crippen LogP contribution in [0.1, 0.15) is 43.9 Å². The highest BCUT2D eigenvalue weighted by molar-refractivity contribution is 6.01. The van der Waals surface area contributed by atoms with Crippen molar-refractivity contribution in [1.29, 1.82) is 0 Å². The molecule has 4 heteroatoms. The molecular weight excluding hydrogens is 214 g/mol. The summed E-state index contributed by atoms with van der Waals surface area (Å²) in [6, 6.07) is 1.79. The summed E-state index contributed by atoms with van der Waals surface area (Å²) in [5.41, 5.74) is 2.56. The highest BCUT2D eigenvalue weighted by atomic mass is 16.1. The number of hydrogen-bond donors (Lipinski definition) is 1. The van der Waals surface area contributed by atoms with Crippen molar-refractivity contribution in [3.63, 3.8) is 0 Å². The zero-order chi connectivity index (χ0) is 12.6. The van der Waals surface area contributed by atoms with Gasteiger partial charge in [-0.1, -0.05) is 27.7 Å². The zero-order valence-corrected chi connectivity index (χ0v) is 10.7. The average Bonchev–Trinajstić information content (AvgIpc) is 2.68.